The third-order valence-electron chi connectivity index (χ3n) is 2.15. The maximum absolute atomic E-state index is 11.9. The van der Waals surface area contributed by atoms with Crippen molar-refractivity contribution in [1.29, 1.82) is 0 Å². The molecule has 5 heteroatoms. The van der Waals surface area contributed by atoms with E-state index in [1.165, 1.54) is 11.3 Å². The molecule has 0 atom stereocenters. The molecule has 0 aliphatic carbocycles. The summed E-state index contributed by atoms with van der Waals surface area (Å²) in [5.41, 5.74) is 6.06. The molecule has 0 unspecified atom stereocenters. The van der Waals surface area contributed by atoms with Crippen LogP contribution in [-0.2, 0) is 4.74 Å². The van der Waals surface area contributed by atoms with E-state index in [4.69, 9.17) is 10.5 Å². The number of nitrogens with two attached hydrogens (primary N) is 1. The summed E-state index contributed by atoms with van der Waals surface area (Å²) in [6, 6.07) is 1.84. The summed E-state index contributed by atoms with van der Waals surface area (Å²) in [6.45, 7) is 4.23. The number of rotatable bonds is 6. The van der Waals surface area contributed by atoms with Gasteiger partial charge in [-0.15, -0.1) is 11.3 Å². The van der Waals surface area contributed by atoms with Crippen LogP contribution in [0, 0.1) is 11.8 Å². The van der Waals surface area contributed by atoms with Gasteiger partial charge in [0, 0.05) is 25.3 Å². The van der Waals surface area contributed by atoms with Gasteiger partial charge in [0.05, 0.1) is 6.54 Å². The van der Waals surface area contributed by atoms with Gasteiger partial charge in [-0.05, 0) is 24.8 Å². The first-order valence-electron chi connectivity index (χ1n) is 5.92. The number of amides is 1. The van der Waals surface area contributed by atoms with Crippen molar-refractivity contribution >= 4 is 17.2 Å². The Labute approximate surface area is 112 Å². The molecule has 1 rings (SSSR count). The zero-order valence-corrected chi connectivity index (χ0v) is 11.3. The third-order valence-corrected chi connectivity index (χ3v) is 3.06. The van der Waals surface area contributed by atoms with Gasteiger partial charge in [0.15, 0.2) is 0 Å². The molecule has 98 valence electrons. The van der Waals surface area contributed by atoms with E-state index in [9.17, 15) is 4.79 Å². The summed E-state index contributed by atoms with van der Waals surface area (Å²) >= 11 is 1.39. The highest BCUT2D eigenvalue weighted by molar-refractivity contribution is 7.12. The van der Waals surface area contributed by atoms with E-state index >= 15 is 0 Å². The smallest absolute Gasteiger partial charge is 0.262 e. The molecule has 0 saturated heterocycles. The van der Waals surface area contributed by atoms with E-state index < -0.39 is 0 Å². The molecule has 0 aliphatic heterocycles. The number of carbonyl (C=O) groups is 1. The van der Waals surface area contributed by atoms with Crippen LogP contribution in [-0.4, -0.2) is 32.2 Å². The third kappa shape index (κ3) is 4.88. The van der Waals surface area contributed by atoms with Crippen LogP contribution in [0.15, 0.2) is 11.4 Å². The van der Waals surface area contributed by atoms with E-state index in [0.29, 0.717) is 31.2 Å². The fraction of sp³-hybridized carbons (Fsp3) is 0.462. The molecule has 0 saturated carbocycles. The minimum Gasteiger partial charge on any atom is -0.382 e. The van der Waals surface area contributed by atoms with Crippen LogP contribution < -0.4 is 11.1 Å². The van der Waals surface area contributed by atoms with Gasteiger partial charge in [-0.25, -0.2) is 0 Å². The summed E-state index contributed by atoms with van der Waals surface area (Å²) in [7, 11) is 0. The van der Waals surface area contributed by atoms with Gasteiger partial charge in [0.2, 0.25) is 0 Å². The van der Waals surface area contributed by atoms with Gasteiger partial charge in [0.1, 0.15) is 4.88 Å². The molecule has 0 bridgehead atoms. The Bertz CT molecular complexity index is 432. The normalized spacial score (nSPS) is 9.67. The lowest BCUT2D eigenvalue weighted by atomic mass is 10.2. The Balaban J connectivity index is 2.44. The van der Waals surface area contributed by atoms with Crippen molar-refractivity contribution in [2.24, 2.45) is 5.73 Å². The average Bonchev–Trinajstić information content (AvgIpc) is 2.84. The first kappa shape index (κ1) is 14.7. The molecule has 3 N–H and O–H groups in total. The topological polar surface area (TPSA) is 64.3 Å². The van der Waals surface area contributed by atoms with E-state index in [0.717, 1.165) is 12.0 Å². The Hall–Kier alpha value is -1.35. The molecule has 1 aromatic heterocycles. The molecule has 18 heavy (non-hydrogen) atoms. The molecule has 0 radical (unpaired) electrons. The largest absolute Gasteiger partial charge is 0.382 e. The predicted octanol–water partition coefficient (Wildman–Crippen LogP) is 1.21. The number of nitrogens with one attached hydrogen (secondary N) is 1. The maximum Gasteiger partial charge on any atom is 0.262 e. The highest BCUT2D eigenvalue weighted by atomic mass is 32.1. The molecule has 0 aliphatic rings. The second-order valence-corrected chi connectivity index (χ2v) is 4.39. The van der Waals surface area contributed by atoms with Crippen LogP contribution in [0.2, 0.25) is 0 Å². The summed E-state index contributed by atoms with van der Waals surface area (Å²) in [6.07, 6.45) is 0.814. The van der Waals surface area contributed by atoms with Crippen molar-refractivity contribution in [2.45, 2.75) is 13.3 Å². The van der Waals surface area contributed by atoms with Crippen LogP contribution >= 0.6 is 11.3 Å². The van der Waals surface area contributed by atoms with Crippen molar-refractivity contribution < 1.29 is 9.53 Å². The van der Waals surface area contributed by atoms with Crippen LogP contribution in [0.3, 0.4) is 0 Å². The van der Waals surface area contributed by atoms with E-state index in [2.05, 4.69) is 17.2 Å². The van der Waals surface area contributed by atoms with E-state index in [-0.39, 0.29) is 5.91 Å². The Kier molecular flexibility index (Phi) is 7.11. The fourth-order valence-electron chi connectivity index (χ4n) is 1.33. The Morgan fingerprint density at radius 3 is 3.17 bits per heavy atom. The molecular formula is C13H18N2O2S. The van der Waals surface area contributed by atoms with Gasteiger partial charge >= 0.3 is 0 Å². The predicted molar refractivity (Wildman–Crippen MR) is 73.7 cm³/mol. The summed E-state index contributed by atoms with van der Waals surface area (Å²) in [5, 5.41) is 4.71. The average molecular weight is 266 g/mol. The van der Waals surface area contributed by atoms with Gasteiger partial charge in [0.25, 0.3) is 5.91 Å². The van der Waals surface area contributed by atoms with Gasteiger partial charge < -0.3 is 15.8 Å². The number of hydrogen-bond donors (Lipinski definition) is 2. The number of carbonyl (C=O) groups excluding carboxylic acids is 1. The van der Waals surface area contributed by atoms with Crippen LogP contribution in [0.1, 0.15) is 28.6 Å². The van der Waals surface area contributed by atoms with Crippen LogP contribution in [0.5, 0.6) is 0 Å². The van der Waals surface area contributed by atoms with Crippen molar-refractivity contribution in [3.63, 3.8) is 0 Å². The molecule has 1 aromatic rings. The van der Waals surface area contributed by atoms with Gasteiger partial charge in [-0.3, -0.25) is 4.79 Å². The van der Waals surface area contributed by atoms with Crippen molar-refractivity contribution in [3.05, 3.63) is 21.9 Å². The molecule has 0 aromatic carbocycles. The minimum atomic E-state index is -0.0807. The number of thiophene rings is 1. The summed E-state index contributed by atoms with van der Waals surface area (Å²) in [5.74, 6) is 5.57. The second kappa shape index (κ2) is 8.70. The SMILES string of the molecule is CCOCCCNC(=O)c1sccc1C#CCN. The van der Waals surface area contributed by atoms with Crippen LogP contribution in [0.25, 0.3) is 0 Å². The molecule has 1 amide bonds. The minimum absolute atomic E-state index is 0.0807. The Morgan fingerprint density at radius 2 is 2.44 bits per heavy atom. The van der Waals surface area contributed by atoms with Gasteiger partial charge in [-0.2, -0.15) is 0 Å². The Morgan fingerprint density at radius 1 is 1.61 bits per heavy atom. The van der Waals surface area contributed by atoms with Crippen LogP contribution in [0.4, 0.5) is 0 Å². The molecule has 0 spiro atoms. The molecule has 0 fully saturated rings. The lowest BCUT2D eigenvalue weighted by molar-refractivity contribution is 0.0948. The first-order valence-corrected chi connectivity index (χ1v) is 6.80. The lowest BCUT2D eigenvalue weighted by Crippen LogP contribution is -2.25. The zero-order valence-electron chi connectivity index (χ0n) is 10.5. The van der Waals surface area contributed by atoms with Crippen molar-refractivity contribution in [3.8, 4) is 11.8 Å². The molecular weight excluding hydrogens is 248 g/mol. The lowest BCUT2D eigenvalue weighted by Gasteiger charge is -2.04. The summed E-state index contributed by atoms with van der Waals surface area (Å²) in [4.78, 5) is 12.5. The highest BCUT2D eigenvalue weighted by Crippen LogP contribution is 2.15. The number of hydrogen-bond acceptors (Lipinski definition) is 4. The second-order valence-electron chi connectivity index (χ2n) is 3.48. The maximum atomic E-state index is 11.9. The summed E-state index contributed by atoms with van der Waals surface area (Å²) < 4.78 is 5.20. The molecule has 1 heterocycles. The highest BCUT2D eigenvalue weighted by Gasteiger charge is 2.10. The number of ether oxygens (including phenoxy) is 1. The van der Waals surface area contributed by atoms with Gasteiger partial charge in [-0.1, -0.05) is 11.8 Å². The quantitative estimate of drug-likeness (QED) is 0.601. The fourth-order valence-corrected chi connectivity index (χ4v) is 2.10. The standard InChI is InChI=1S/C13H18N2O2S/c1-2-17-9-4-8-15-13(16)12-11(5-3-7-14)6-10-18-12/h6,10H,2,4,7-9,14H2,1H3,(H,15,16). The van der Waals surface area contributed by atoms with E-state index in [1.54, 1.807) is 0 Å². The monoisotopic (exact) mass is 266 g/mol. The van der Waals surface area contributed by atoms with Crippen molar-refractivity contribution in [1.82, 2.24) is 5.32 Å². The first-order chi connectivity index (χ1) is 8.79. The molecule has 4 nitrogen and oxygen atoms in total. The zero-order chi connectivity index (χ0) is 13.2. The van der Waals surface area contributed by atoms with Crippen molar-refractivity contribution in [2.75, 3.05) is 26.3 Å². The van der Waals surface area contributed by atoms with E-state index in [1.807, 2.05) is 18.4 Å².